The molecule has 0 unspecified atom stereocenters. The molecule has 0 aliphatic rings. The Kier molecular flexibility index (Phi) is 3.38. The van der Waals surface area contributed by atoms with Gasteiger partial charge in [-0.05, 0) is 32.0 Å². The summed E-state index contributed by atoms with van der Waals surface area (Å²) in [6.07, 6.45) is 0. The smallest absolute Gasteiger partial charge is 0.137 e. The number of nitrogens with zero attached hydrogens (tertiary/aromatic N) is 1. The highest BCUT2D eigenvalue weighted by Crippen LogP contribution is 2.30. The van der Waals surface area contributed by atoms with Crippen LogP contribution in [0.4, 0.5) is 10.1 Å². The van der Waals surface area contributed by atoms with Gasteiger partial charge in [-0.1, -0.05) is 5.16 Å². The Morgan fingerprint density at radius 3 is 2.82 bits per heavy atom. The summed E-state index contributed by atoms with van der Waals surface area (Å²) in [6.45, 7) is 3.76. The van der Waals surface area contributed by atoms with Gasteiger partial charge in [0.05, 0.1) is 5.69 Å². The van der Waals surface area contributed by atoms with Crippen molar-refractivity contribution in [1.82, 2.24) is 5.16 Å². The summed E-state index contributed by atoms with van der Waals surface area (Å²) in [5, 5.41) is 3.87. The second kappa shape index (κ2) is 4.79. The van der Waals surface area contributed by atoms with Gasteiger partial charge in [-0.2, -0.15) is 0 Å². The van der Waals surface area contributed by atoms with E-state index in [9.17, 15) is 4.39 Å². The first-order valence-corrected chi connectivity index (χ1v) is 6.16. The number of anilines is 1. The predicted molar refractivity (Wildman–Crippen MR) is 66.4 cm³/mol. The van der Waals surface area contributed by atoms with Crippen LogP contribution in [-0.4, -0.2) is 5.16 Å². The minimum atomic E-state index is -0.277. The quantitative estimate of drug-likeness (QED) is 0.672. The lowest BCUT2D eigenvalue weighted by Crippen LogP contribution is -1.91. The molecule has 1 aromatic heterocycles. The third kappa shape index (κ3) is 2.61. The Hall–Kier alpha value is -1.49. The Morgan fingerprint density at radius 2 is 2.18 bits per heavy atom. The van der Waals surface area contributed by atoms with Crippen molar-refractivity contribution in [3.63, 3.8) is 0 Å². The van der Waals surface area contributed by atoms with E-state index in [0.717, 1.165) is 21.9 Å². The van der Waals surface area contributed by atoms with Crippen molar-refractivity contribution in [1.29, 1.82) is 0 Å². The van der Waals surface area contributed by atoms with Crippen LogP contribution < -0.4 is 5.73 Å². The van der Waals surface area contributed by atoms with Crippen molar-refractivity contribution >= 4 is 17.4 Å². The number of benzene rings is 1. The van der Waals surface area contributed by atoms with Gasteiger partial charge in [0, 0.05) is 21.9 Å². The van der Waals surface area contributed by atoms with E-state index in [1.807, 2.05) is 13.8 Å². The molecule has 0 amide bonds. The summed E-state index contributed by atoms with van der Waals surface area (Å²) in [4.78, 5) is 0.741. The van der Waals surface area contributed by atoms with Gasteiger partial charge in [-0.3, -0.25) is 0 Å². The monoisotopic (exact) mass is 252 g/mol. The molecule has 17 heavy (non-hydrogen) atoms. The zero-order valence-corrected chi connectivity index (χ0v) is 10.5. The minimum absolute atomic E-state index is 0.277. The topological polar surface area (TPSA) is 52.0 Å². The van der Waals surface area contributed by atoms with Crippen LogP contribution in [0.3, 0.4) is 0 Å². The van der Waals surface area contributed by atoms with Crippen molar-refractivity contribution in [3.8, 4) is 0 Å². The molecule has 1 aromatic carbocycles. The number of aryl methyl sites for hydroxylation is 2. The molecule has 3 nitrogen and oxygen atoms in total. The summed E-state index contributed by atoms with van der Waals surface area (Å²) in [6, 6.07) is 4.37. The van der Waals surface area contributed by atoms with Crippen molar-refractivity contribution in [2.75, 3.05) is 5.73 Å². The number of rotatable bonds is 3. The standard InChI is InChI=1S/C12H13FN2OS/c1-7-10(8(2)16-15-7)6-17-12-5-9(13)3-4-11(12)14/h3-5H,6,14H2,1-2H3. The molecule has 5 heteroatoms. The summed E-state index contributed by atoms with van der Waals surface area (Å²) in [5.74, 6) is 1.19. The van der Waals surface area contributed by atoms with Gasteiger partial charge in [-0.15, -0.1) is 11.8 Å². The van der Waals surface area contributed by atoms with Crippen LogP contribution in [0.2, 0.25) is 0 Å². The minimum Gasteiger partial charge on any atom is -0.398 e. The van der Waals surface area contributed by atoms with Gasteiger partial charge in [0.2, 0.25) is 0 Å². The van der Waals surface area contributed by atoms with Gasteiger partial charge >= 0.3 is 0 Å². The van der Waals surface area contributed by atoms with Gasteiger partial charge in [0.1, 0.15) is 11.6 Å². The normalized spacial score (nSPS) is 10.8. The average molecular weight is 252 g/mol. The SMILES string of the molecule is Cc1noc(C)c1CSc1cc(F)ccc1N. The molecule has 0 spiro atoms. The van der Waals surface area contributed by atoms with E-state index in [1.165, 1.54) is 23.9 Å². The molecule has 0 fully saturated rings. The largest absolute Gasteiger partial charge is 0.398 e. The Labute approximate surface area is 103 Å². The molecule has 2 rings (SSSR count). The average Bonchev–Trinajstić information content (AvgIpc) is 2.61. The van der Waals surface area contributed by atoms with Crippen molar-refractivity contribution in [3.05, 3.63) is 41.0 Å². The van der Waals surface area contributed by atoms with E-state index in [4.69, 9.17) is 10.3 Å². The van der Waals surface area contributed by atoms with Crippen LogP contribution in [0.25, 0.3) is 0 Å². The van der Waals surface area contributed by atoms with E-state index in [-0.39, 0.29) is 5.82 Å². The number of aromatic nitrogens is 1. The third-order valence-electron chi connectivity index (χ3n) is 2.53. The highest BCUT2D eigenvalue weighted by atomic mass is 32.2. The predicted octanol–water partition coefficient (Wildman–Crippen LogP) is 3.31. The van der Waals surface area contributed by atoms with E-state index >= 15 is 0 Å². The zero-order chi connectivity index (χ0) is 12.4. The van der Waals surface area contributed by atoms with Gasteiger partial charge in [0.15, 0.2) is 0 Å². The summed E-state index contributed by atoms with van der Waals surface area (Å²) >= 11 is 1.48. The van der Waals surface area contributed by atoms with E-state index in [1.54, 1.807) is 6.07 Å². The highest BCUT2D eigenvalue weighted by Gasteiger charge is 2.10. The molecule has 0 aliphatic carbocycles. The molecule has 0 radical (unpaired) electrons. The fraction of sp³-hybridized carbons (Fsp3) is 0.250. The van der Waals surface area contributed by atoms with Gasteiger partial charge in [0.25, 0.3) is 0 Å². The lowest BCUT2D eigenvalue weighted by molar-refractivity contribution is 0.392. The van der Waals surface area contributed by atoms with Crippen LogP contribution in [0.15, 0.2) is 27.6 Å². The molecule has 0 saturated heterocycles. The van der Waals surface area contributed by atoms with Crippen molar-refractivity contribution in [2.24, 2.45) is 0 Å². The Bertz CT molecular complexity index is 520. The van der Waals surface area contributed by atoms with Crippen LogP contribution in [0, 0.1) is 19.7 Å². The van der Waals surface area contributed by atoms with Gasteiger partial charge in [-0.25, -0.2) is 4.39 Å². The number of hydrogen-bond acceptors (Lipinski definition) is 4. The van der Waals surface area contributed by atoms with Crippen LogP contribution in [-0.2, 0) is 5.75 Å². The molecular weight excluding hydrogens is 239 g/mol. The molecule has 0 aliphatic heterocycles. The lowest BCUT2D eigenvalue weighted by Gasteiger charge is -2.05. The summed E-state index contributed by atoms with van der Waals surface area (Å²) < 4.78 is 18.1. The van der Waals surface area contributed by atoms with Gasteiger partial charge < -0.3 is 10.3 Å². The van der Waals surface area contributed by atoms with Crippen LogP contribution in [0.1, 0.15) is 17.0 Å². The molecule has 0 bridgehead atoms. The Morgan fingerprint density at radius 1 is 1.41 bits per heavy atom. The molecule has 1 heterocycles. The Balaban J connectivity index is 2.15. The zero-order valence-electron chi connectivity index (χ0n) is 9.66. The maximum atomic E-state index is 13.1. The number of thioether (sulfide) groups is 1. The van der Waals surface area contributed by atoms with Crippen molar-refractivity contribution < 1.29 is 8.91 Å². The highest BCUT2D eigenvalue weighted by molar-refractivity contribution is 7.98. The maximum absolute atomic E-state index is 13.1. The fourth-order valence-electron chi connectivity index (χ4n) is 1.49. The number of nitrogen functional groups attached to an aromatic ring is 1. The number of halogens is 1. The van der Waals surface area contributed by atoms with E-state index < -0.39 is 0 Å². The van der Waals surface area contributed by atoms with E-state index in [2.05, 4.69) is 5.16 Å². The van der Waals surface area contributed by atoms with Crippen LogP contribution >= 0.6 is 11.8 Å². The third-order valence-corrected chi connectivity index (χ3v) is 3.63. The van der Waals surface area contributed by atoms with E-state index in [0.29, 0.717) is 11.4 Å². The number of nitrogens with two attached hydrogens (primary N) is 1. The van der Waals surface area contributed by atoms with Crippen molar-refractivity contribution in [2.45, 2.75) is 24.5 Å². The molecular formula is C12H13FN2OS. The molecule has 0 saturated carbocycles. The second-order valence-electron chi connectivity index (χ2n) is 3.77. The summed E-state index contributed by atoms with van der Waals surface area (Å²) in [5.41, 5.74) is 8.27. The first-order valence-electron chi connectivity index (χ1n) is 5.17. The second-order valence-corrected chi connectivity index (χ2v) is 4.79. The fourth-order valence-corrected chi connectivity index (χ4v) is 2.63. The lowest BCUT2D eigenvalue weighted by atomic mass is 10.2. The molecule has 2 N–H and O–H groups in total. The first-order chi connectivity index (χ1) is 8.08. The van der Waals surface area contributed by atoms with Crippen LogP contribution in [0.5, 0.6) is 0 Å². The maximum Gasteiger partial charge on any atom is 0.137 e. The molecule has 90 valence electrons. The summed E-state index contributed by atoms with van der Waals surface area (Å²) in [7, 11) is 0. The molecule has 0 atom stereocenters. The first kappa shape index (κ1) is 12.0. The molecule has 2 aromatic rings. The number of hydrogen-bond donors (Lipinski definition) is 1.